The summed E-state index contributed by atoms with van der Waals surface area (Å²) in [7, 11) is 0. The first-order valence-electron chi connectivity index (χ1n) is 12.1. The van der Waals surface area contributed by atoms with Gasteiger partial charge in [0.15, 0.2) is 0 Å². The lowest BCUT2D eigenvalue weighted by Gasteiger charge is -2.36. The highest BCUT2D eigenvalue weighted by Crippen LogP contribution is 2.25. The molecule has 0 spiro atoms. The van der Waals surface area contributed by atoms with Crippen LogP contribution in [0.3, 0.4) is 0 Å². The Morgan fingerprint density at radius 2 is 1.55 bits per heavy atom. The summed E-state index contributed by atoms with van der Waals surface area (Å²) in [6, 6.07) is 16.0. The van der Waals surface area contributed by atoms with E-state index in [9.17, 15) is 15.2 Å². The second-order valence-electron chi connectivity index (χ2n) is 9.72. The number of aliphatic hydroxyl groups excluding tert-OH is 1. The van der Waals surface area contributed by atoms with Gasteiger partial charge in [-0.15, -0.1) is 0 Å². The molecule has 3 unspecified atom stereocenters. The van der Waals surface area contributed by atoms with E-state index in [4.69, 9.17) is 0 Å². The van der Waals surface area contributed by atoms with E-state index in [0.29, 0.717) is 24.2 Å². The number of β-amino-alcohol motifs (C(OH)–C–C–N with tert-alkyl or cyclic N) is 1. The largest absolute Gasteiger partial charge is 0.387 e. The minimum atomic E-state index is -0.712. The zero-order chi connectivity index (χ0) is 24.6. The molecule has 182 valence electrons. The molecule has 0 aromatic heterocycles. The van der Waals surface area contributed by atoms with Gasteiger partial charge in [0.05, 0.1) is 11.0 Å². The summed E-state index contributed by atoms with van der Waals surface area (Å²) >= 11 is 0. The zero-order valence-corrected chi connectivity index (χ0v) is 21.0. The Hall–Kier alpha value is -2.44. The third-order valence-electron chi connectivity index (χ3n) is 6.67. The van der Waals surface area contributed by atoms with Crippen LogP contribution in [0.5, 0.6) is 0 Å². The molecule has 0 bridgehead atoms. The van der Waals surface area contributed by atoms with E-state index in [-0.39, 0.29) is 11.2 Å². The van der Waals surface area contributed by atoms with Crippen LogP contribution in [0.25, 0.3) is 0 Å². The zero-order valence-electron chi connectivity index (χ0n) is 21.0. The monoisotopic (exact) mass is 455 g/mol. The standard InChI is InChI=1S/C27H41N3O3/c1-7-20(3)29(21(4)8-2)24-13-9-22(10-14-24)17-18-27(5,6)28-19-26(31)23-11-15-25(16-12-23)30(32)33/h9-16,20-21,26,28,31H,7-8,17-19H2,1-6H3. The Labute approximate surface area is 199 Å². The van der Waals surface area contributed by atoms with Crippen molar-refractivity contribution in [1.82, 2.24) is 5.32 Å². The summed E-state index contributed by atoms with van der Waals surface area (Å²) in [6.07, 6.45) is 3.41. The van der Waals surface area contributed by atoms with Crippen molar-refractivity contribution in [2.45, 2.75) is 91.0 Å². The van der Waals surface area contributed by atoms with Gasteiger partial charge in [0.1, 0.15) is 0 Å². The van der Waals surface area contributed by atoms with Crippen LogP contribution in [-0.4, -0.2) is 34.2 Å². The van der Waals surface area contributed by atoms with Crippen LogP contribution in [-0.2, 0) is 6.42 Å². The Morgan fingerprint density at radius 1 is 1.00 bits per heavy atom. The van der Waals surface area contributed by atoms with Crippen LogP contribution in [0.15, 0.2) is 48.5 Å². The number of nitro groups is 1. The number of anilines is 1. The second-order valence-corrected chi connectivity index (χ2v) is 9.72. The highest BCUT2D eigenvalue weighted by atomic mass is 16.6. The molecule has 2 aromatic carbocycles. The van der Waals surface area contributed by atoms with Crippen molar-refractivity contribution >= 4 is 11.4 Å². The van der Waals surface area contributed by atoms with Gasteiger partial charge < -0.3 is 15.3 Å². The van der Waals surface area contributed by atoms with Crippen molar-refractivity contribution < 1.29 is 10.0 Å². The summed E-state index contributed by atoms with van der Waals surface area (Å²) in [5.41, 5.74) is 3.14. The third-order valence-corrected chi connectivity index (χ3v) is 6.67. The van der Waals surface area contributed by atoms with Gasteiger partial charge in [-0.1, -0.05) is 26.0 Å². The smallest absolute Gasteiger partial charge is 0.269 e. The van der Waals surface area contributed by atoms with Gasteiger partial charge >= 0.3 is 0 Å². The van der Waals surface area contributed by atoms with E-state index in [1.165, 1.54) is 23.4 Å². The van der Waals surface area contributed by atoms with E-state index in [1.54, 1.807) is 12.1 Å². The lowest BCUT2D eigenvalue weighted by Crippen LogP contribution is -2.42. The SMILES string of the molecule is CCC(C)N(c1ccc(CCC(C)(C)NCC(O)c2ccc([N+](=O)[O-])cc2)cc1)C(C)CC. The first-order chi connectivity index (χ1) is 15.6. The van der Waals surface area contributed by atoms with Crippen molar-refractivity contribution in [1.29, 1.82) is 0 Å². The number of hydrogen-bond acceptors (Lipinski definition) is 5. The molecular formula is C27H41N3O3. The molecule has 0 radical (unpaired) electrons. The molecule has 3 atom stereocenters. The molecule has 0 aliphatic rings. The first kappa shape index (κ1) is 26.8. The Balaban J connectivity index is 1.91. The van der Waals surface area contributed by atoms with Crippen molar-refractivity contribution in [3.05, 3.63) is 69.8 Å². The normalized spacial score (nSPS) is 14.5. The van der Waals surface area contributed by atoms with Crippen molar-refractivity contribution in [2.75, 3.05) is 11.4 Å². The fourth-order valence-electron chi connectivity index (χ4n) is 4.03. The summed E-state index contributed by atoms with van der Waals surface area (Å²) in [5, 5.41) is 24.7. The van der Waals surface area contributed by atoms with Gasteiger partial charge in [-0.05, 0) is 88.8 Å². The highest BCUT2D eigenvalue weighted by Gasteiger charge is 2.21. The molecule has 0 fully saturated rings. The van der Waals surface area contributed by atoms with E-state index < -0.39 is 11.0 Å². The number of nitrogens with zero attached hydrogens (tertiary/aromatic N) is 2. The van der Waals surface area contributed by atoms with Crippen LogP contribution < -0.4 is 10.2 Å². The van der Waals surface area contributed by atoms with Crippen LogP contribution in [0.4, 0.5) is 11.4 Å². The van der Waals surface area contributed by atoms with Crippen molar-refractivity contribution in [2.24, 2.45) is 0 Å². The van der Waals surface area contributed by atoms with Crippen LogP contribution >= 0.6 is 0 Å². The number of nitrogens with one attached hydrogen (secondary N) is 1. The minimum Gasteiger partial charge on any atom is -0.387 e. The molecule has 0 aliphatic carbocycles. The molecular weight excluding hydrogens is 414 g/mol. The Bertz CT molecular complexity index is 855. The van der Waals surface area contributed by atoms with Crippen LogP contribution in [0.1, 0.15) is 78.0 Å². The predicted octanol–water partition coefficient (Wildman–Crippen LogP) is 6.03. The number of hydrogen-bond donors (Lipinski definition) is 2. The van der Waals surface area contributed by atoms with Gasteiger partial charge in [-0.25, -0.2) is 0 Å². The van der Waals surface area contributed by atoms with Crippen molar-refractivity contribution in [3.63, 3.8) is 0 Å². The Kier molecular flexibility index (Phi) is 9.87. The number of benzene rings is 2. The van der Waals surface area contributed by atoms with Crippen LogP contribution in [0, 0.1) is 10.1 Å². The molecule has 2 rings (SSSR count). The van der Waals surface area contributed by atoms with E-state index >= 15 is 0 Å². The molecule has 33 heavy (non-hydrogen) atoms. The van der Waals surface area contributed by atoms with E-state index in [1.807, 2.05) is 0 Å². The van der Waals surface area contributed by atoms with Gasteiger partial charge in [0.25, 0.3) is 5.69 Å². The summed E-state index contributed by atoms with van der Waals surface area (Å²) < 4.78 is 0. The van der Waals surface area contributed by atoms with E-state index in [2.05, 4.69) is 76.0 Å². The first-order valence-corrected chi connectivity index (χ1v) is 12.1. The maximum atomic E-state index is 10.8. The molecule has 2 N–H and O–H groups in total. The molecule has 0 saturated heterocycles. The van der Waals surface area contributed by atoms with Crippen LogP contribution in [0.2, 0.25) is 0 Å². The molecule has 0 saturated carbocycles. The fraction of sp³-hybridized carbons (Fsp3) is 0.556. The van der Waals surface area contributed by atoms with Gasteiger partial charge in [-0.2, -0.15) is 0 Å². The third kappa shape index (κ3) is 7.83. The molecule has 2 aromatic rings. The lowest BCUT2D eigenvalue weighted by molar-refractivity contribution is -0.384. The molecule has 6 nitrogen and oxygen atoms in total. The molecule has 0 amide bonds. The topological polar surface area (TPSA) is 78.6 Å². The number of nitro benzene ring substituents is 1. The number of aliphatic hydroxyl groups is 1. The predicted molar refractivity (Wildman–Crippen MR) is 137 cm³/mol. The average molecular weight is 456 g/mol. The number of aryl methyl sites for hydroxylation is 1. The van der Waals surface area contributed by atoms with Gasteiger partial charge in [-0.3, -0.25) is 10.1 Å². The maximum absolute atomic E-state index is 10.8. The highest BCUT2D eigenvalue weighted by molar-refractivity contribution is 5.49. The van der Waals surface area contributed by atoms with Gasteiger partial charge in [0, 0.05) is 42.0 Å². The Morgan fingerprint density at radius 3 is 2.03 bits per heavy atom. The summed E-state index contributed by atoms with van der Waals surface area (Å²) in [5.74, 6) is 0. The number of rotatable bonds is 13. The summed E-state index contributed by atoms with van der Waals surface area (Å²) in [6.45, 7) is 13.7. The van der Waals surface area contributed by atoms with Crippen molar-refractivity contribution in [3.8, 4) is 0 Å². The minimum absolute atomic E-state index is 0.0293. The fourth-order valence-corrected chi connectivity index (χ4v) is 4.03. The number of non-ortho nitro benzene ring substituents is 1. The molecule has 0 aliphatic heterocycles. The second kappa shape index (κ2) is 12.1. The van der Waals surface area contributed by atoms with E-state index in [0.717, 1.165) is 25.7 Å². The quantitative estimate of drug-likeness (QED) is 0.285. The molecule has 6 heteroatoms. The van der Waals surface area contributed by atoms with Gasteiger partial charge in [0.2, 0.25) is 0 Å². The maximum Gasteiger partial charge on any atom is 0.269 e. The summed E-state index contributed by atoms with van der Waals surface area (Å²) in [4.78, 5) is 12.9. The average Bonchev–Trinajstić information content (AvgIpc) is 2.82. The lowest BCUT2D eigenvalue weighted by atomic mass is 9.94. The molecule has 0 heterocycles.